The average Bonchev–Trinajstić information content (AvgIpc) is 2.33. The van der Waals surface area contributed by atoms with Gasteiger partial charge in [0.1, 0.15) is 29.9 Å². The number of imidazole rings is 1. The second-order valence-corrected chi connectivity index (χ2v) is 23.3. The number of primary amides is 1. The van der Waals surface area contributed by atoms with Gasteiger partial charge in [0.2, 0.25) is 41.4 Å². The van der Waals surface area contributed by atoms with Gasteiger partial charge in [0.15, 0.2) is 0 Å². The number of nitrogens with two attached hydrogens (primary N) is 1. The van der Waals surface area contributed by atoms with Crippen molar-refractivity contribution in [2.45, 2.75) is 100 Å². The highest BCUT2D eigenvalue weighted by Gasteiger charge is 2.46. The summed E-state index contributed by atoms with van der Waals surface area (Å²) in [6.45, 7) is 1.29. The minimum absolute atomic E-state index is 0.0717. The molecule has 25 heteroatoms. The molecule has 2 aromatic heterocycles. The van der Waals surface area contributed by atoms with Crippen LogP contribution in [0, 0.1) is 5.92 Å². The van der Waals surface area contributed by atoms with Crippen molar-refractivity contribution in [3.63, 3.8) is 0 Å². The van der Waals surface area contributed by atoms with Crippen LogP contribution in [0.2, 0.25) is 0 Å². The van der Waals surface area contributed by atoms with Crippen molar-refractivity contribution in [3.05, 3.63) is 136 Å². The number of aromatic amines is 1. The molecular formula is C58H64N11O13P. The van der Waals surface area contributed by atoms with Gasteiger partial charge < -0.3 is 51.2 Å². The summed E-state index contributed by atoms with van der Waals surface area (Å²) in [5.41, 5.74) is 7.41. The normalized spacial score (nSPS) is 19.9. The molecule has 434 valence electrons. The highest BCUT2D eigenvalue weighted by atomic mass is 31.2. The number of rotatable bonds is 19. The van der Waals surface area contributed by atoms with E-state index in [4.69, 9.17) is 5.73 Å². The number of fused-ring (bicyclic) bond motifs is 3. The van der Waals surface area contributed by atoms with Gasteiger partial charge in [-0.2, -0.15) is 0 Å². The summed E-state index contributed by atoms with van der Waals surface area (Å²) < 4.78 is 14.7. The lowest BCUT2D eigenvalue weighted by atomic mass is 9.93. The molecule has 83 heavy (non-hydrogen) atoms. The molecule has 4 aliphatic rings. The van der Waals surface area contributed by atoms with Gasteiger partial charge >= 0.3 is 13.3 Å². The van der Waals surface area contributed by atoms with E-state index in [1.165, 1.54) is 38.3 Å². The number of carbonyl (C=O) groups excluding carboxylic acids is 9. The van der Waals surface area contributed by atoms with Crippen LogP contribution in [0.4, 0.5) is 5.69 Å². The summed E-state index contributed by atoms with van der Waals surface area (Å²) >= 11 is 0. The van der Waals surface area contributed by atoms with Gasteiger partial charge in [0, 0.05) is 80.7 Å². The SMILES string of the molecule is Cn1c(=O)n(C2CCC(=O)NC2=O)c2ccc(N3CC(CCCC(=O)N4CC[C@H]5CC[C@@H](C(=O)N[C@@H](CCC(N)=O)C(=O)NC(c6ccccc6)c6ccccc6)N5C(=O)[C@@H](NC(=O)c5cc6cc(C(=O)P(=O)(O)O)ccc6[nH]5)C4)C3)cc21. The fourth-order valence-electron chi connectivity index (χ4n) is 11.9. The molecule has 0 bridgehead atoms. The van der Waals surface area contributed by atoms with Crippen LogP contribution < -0.4 is 37.6 Å². The Labute approximate surface area is 475 Å². The van der Waals surface area contributed by atoms with Crippen molar-refractivity contribution in [1.29, 1.82) is 0 Å². The highest BCUT2D eigenvalue weighted by molar-refractivity contribution is 7.70. The molecule has 1 unspecified atom stereocenters. The number of anilines is 1. The van der Waals surface area contributed by atoms with Gasteiger partial charge in [0.25, 0.3) is 11.4 Å². The molecule has 0 aliphatic carbocycles. The molecule has 10 rings (SSSR count). The minimum atomic E-state index is -5.13. The maximum atomic E-state index is 15.1. The number of nitrogens with zero attached hydrogens (tertiary/aromatic N) is 5. The van der Waals surface area contributed by atoms with Crippen molar-refractivity contribution in [3.8, 4) is 0 Å². The van der Waals surface area contributed by atoms with Gasteiger partial charge in [-0.15, -0.1) is 0 Å². The minimum Gasteiger partial charge on any atom is -0.371 e. The number of benzene rings is 4. The number of hydrogen-bond acceptors (Lipinski definition) is 12. The molecule has 0 spiro atoms. The first-order valence-electron chi connectivity index (χ1n) is 27.6. The maximum absolute atomic E-state index is 15.1. The Morgan fingerprint density at radius 2 is 1.51 bits per heavy atom. The lowest BCUT2D eigenvalue weighted by molar-refractivity contribution is -0.145. The lowest BCUT2D eigenvalue weighted by Crippen LogP contribution is -2.62. The molecule has 4 fully saturated rings. The Morgan fingerprint density at radius 3 is 2.18 bits per heavy atom. The van der Waals surface area contributed by atoms with Gasteiger partial charge in [-0.3, -0.25) is 62.2 Å². The lowest BCUT2D eigenvalue weighted by Gasteiger charge is -2.41. The van der Waals surface area contributed by atoms with E-state index in [0.29, 0.717) is 55.3 Å². The Hall–Kier alpha value is -8.73. The number of H-pyrrole nitrogens is 1. The smallest absolute Gasteiger partial charge is 0.371 e. The van der Waals surface area contributed by atoms with Gasteiger partial charge in [-0.25, -0.2) is 4.79 Å². The summed E-state index contributed by atoms with van der Waals surface area (Å²) in [6, 6.07) is 23.4. The molecule has 0 saturated carbocycles. The first-order valence-corrected chi connectivity index (χ1v) is 29.3. The number of nitrogens with one attached hydrogen (secondary N) is 5. The third-order valence-electron chi connectivity index (χ3n) is 16.3. The Morgan fingerprint density at radius 1 is 0.795 bits per heavy atom. The molecule has 6 aromatic rings. The molecule has 0 radical (unpaired) electrons. The molecule has 24 nitrogen and oxygen atoms in total. The van der Waals surface area contributed by atoms with Crippen molar-refractivity contribution in [2.75, 3.05) is 31.1 Å². The van der Waals surface area contributed by atoms with E-state index in [-0.39, 0.29) is 91.7 Å². The first kappa shape index (κ1) is 57.5. The summed E-state index contributed by atoms with van der Waals surface area (Å²) in [4.78, 5) is 162. The Kier molecular flexibility index (Phi) is 16.6. The average molecular weight is 1150 g/mol. The number of hydrogen-bond donors (Lipinski definition) is 8. The van der Waals surface area contributed by atoms with E-state index in [1.807, 2.05) is 78.9 Å². The van der Waals surface area contributed by atoms with Crippen LogP contribution in [0.15, 0.2) is 108 Å². The summed E-state index contributed by atoms with van der Waals surface area (Å²) in [5, 5.41) is 11.2. The fourth-order valence-corrected chi connectivity index (χ4v) is 12.4. The van der Waals surface area contributed by atoms with E-state index in [1.54, 1.807) is 11.9 Å². The van der Waals surface area contributed by atoms with E-state index in [2.05, 4.69) is 31.2 Å². The van der Waals surface area contributed by atoms with Crippen LogP contribution in [0.1, 0.15) is 108 Å². The van der Waals surface area contributed by atoms with Crippen molar-refractivity contribution < 1.29 is 57.5 Å². The maximum Gasteiger partial charge on any atom is 0.396 e. The number of aryl methyl sites for hydroxylation is 1. The zero-order chi connectivity index (χ0) is 58.9. The number of piperidine rings is 1. The summed E-state index contributed by atoms with van der Waals surface area (Å²) in [7, 11) is -3.49. The fraction of sp³-hybridized carbons (Fsp3) is 0.379. The Bertz CT molecular complexity index is 3620. The predicted molar refractivity (Wildman–Crippen MR) is 302 cm³/mol. The van der Waals surface area contributed by atoms with Crippen molar-refractivity contribution >= 4 is 88.0 Å². The van der Waals surface area contributed by atoms with E-state index in [0.717, 1.165) is 16.8 Å². The molecule has 8 amide bonds. The molecule has 4 aliphatic heterocycles. The van der Waals surface area contributed by atoms with Crippen LogP contribution >= 0.6 is 7.60 Å². The van der Waals surface area contributed by atoms with Crippen LogP contribution in [0.25, 0.3) is 21.9 Å². The van der Waals surface area contributed by atoms with Gasteiger partial charge in [0.05, 0.1) is 17.1 Å². The van der Waals surface area contributed by atoms with Crippen molar-refractivity contribution in [1.82, 2.24) is 45.2 Å². The van der Waals surface area contributed by atoms with E-state index in [9.17, 15) is 57.5 Å². The van der Waals surface area contributed by atoms with Crippen LogP contribution in [-0.2, 0) is 45.2 Å². The largest absolute Gasteiger partial charge is 0.396 e. The molecule has 4 aromatic carbocycles. The Balaban J connectivity index is 0.832. The standard InChI is InChI=1S/C58H64N11O13P/c1-65-47-29-39(17-20-44(47)69(58(65)79)46-22-24-49(71)63-55(46)76)67-30-33(31-67)9-8-14-50(72)66-26-25-38-16-21-45(54(75)61-41(19-23-48(59)70)52(73)64-51(34-10-4-2-5-11-34)35-12-6-3-7-13-35)68(38)56(77)43(32-66)62-53(74)42-28-37-27-36(15-18-40(37)60-42)57(78)83(80,81)82/h2-7,10-13,15,17-18,20,27-29,33,38,41,43,45-46,51,60H,8-9,14,16,19,21-26,30-32H2,1H3,(H2,59,70)(H,61,75)(H,62,74)(H,64,73)(H,63,71,76)(H2,80,81,82)/t38-,41+,43+,45+,46?/m1/s1. The number of imide groups is 1. The predicted octanol–water partition coefficient (Wildman–Crippen LogP) is 2.77. The molecule has 4 saturated heterocycles. The van der Waals surface area contributed by atoms with E-state index < -0.39 is 84.8 Å². The third-order valence-corrected chi connectivity index (χ3v) is 17.1. The number of carbonyl (C=O) groups is 9. The van der Waals surface area contributed by atoms with Crippen LogP contribution in [-0.4, -0.2) is 137 Å². The zero-order valence-corrected chi connectivity index (χ0v) is 46.3. The zero-order valence-electron chi connectivity index (χ0n) is 45.4. The monoisotopic (exact) mass is 1150 g/mol. The second-order valence-electron chi connectivity index (χ2n) is 21.8. The topological polar surface area (TPSA) is 338 Å². The number of amides is 8. The van der Waals surface area contributed by atoms with Gasteiger partial charge in [-0.1, -0.05) is 60.7 Å². The number of aromatic nitrogens is 3. The molecule has 9 N–H and O–H groups in total. The summed E-state index contributed by atoms with van der Waals surface area (Å²) in [5.74, 6) is -4.29. The molecule has 6 heterocycles. The van der Waals surface area contributed by atoms with Gasteiger partial charge in [-0.05, 0) is 104 Å². The van der Waals surface area contributed by atoms with Crippen LogP contribution in [0.3, 0.4) is 0 Å². The van der Waals surface area contributed by atoms with Crippen LogP contribution in [0.5, 0.6) is 0 Å². The highest BCUT2D eigenvalue weighted by Crippen LogP contribution is 2.40. The first-order chi connectivity index (χ1) is 39.7. The molecular weight excluding hydrogens is 1090 g/mol. The summed E-state index contributed by atoms with van der Waals surface area (Å²) in [6.07, 6.45) is 2.14. The third kappa shape index (κ3) is 12.4. The molecule has 5 atom stereocenters. The van der Waals surface area contributed by atoms with Crippen molar-refractivity contribution in [2.24, 2.45) is 18.7 Å². The second kappa shape index (κ2) is 24.0. The van der Waals surface area contributed by atoms with E-state index >= 15 is 4.79 Å². The quantitative estimate of drug-likeness (QED) is 0.0427.